The third-order valence-corrected chi connectivity index (χ3v) is 4.82. The van der Waals surface area contributed by atoms with Gasteiger partial charge in [-0.1, -0.05) is 13.8 Å². The zero-order valence-electron chi connectivity index (χ0n) is 15.0. The molecule has 5 rings (SSSR count). The Morgan fingerprint density at radius 1 is 1.08 bits per heavy atom. The summed E-state index contributed by atoms with van der Waals surface area (Å²) in [6.45, 7) is 6.72. The molecule has 4 aromatic rings. The number of H-pyrrole nitrogens is 1. The number of halogens is 1. The molecule has 0 amide bonds. The fourth-order valence-electron chi connectivity index (χ4n) is 3.63. The lowest BCUT2D eigenvalue weighted by Gasteiger charge is -2.19. The van der Waals surface area contributed by atoms with Gasteiger partial charge in [-0.2, -0.15) is 5.10 Å². The van der Waals surface area contributed by atoms with Gasteiger partial charge in [-0.3, -0.25) is 4.68 Å². The predicted molar refractivity (Wildman–Crippen MR) is 103 cm³/mol. The minimum Gasteiger partial charge on any atom is -0.369 e. The number of hydrogen-bond donors (Lipinski definition) is 1. The van der Waals surface area contributed by atoms with E-state index < -0.39 is 0 Å². The van der Waals surface area contributed by atoms with Crippen LogP contribution in [0.1, 0.15) is 19.4 Å². The van der Waals surface area contributed by atoms with Crippen molar-refractivity contribution in [2.75, 3.05) is 18.0 Å². The van der Waals surface area contributed by atoms with Crippen LogP contribution >= 0.6 is 0 Å². The molecule has 0 unspecified atom stereocenters. The van der Waals surface area contributed by atoms with Crippen LogP contribution in [0.5, 0.6) is 0 Å². The van der Waals surface area contributed by atoms with Gasteiger partial charge in [-0.25, -0.2) is 9.37 Å². The molecule has 0 saturated carbocycles. The highest BCUT2D eigenvalue weighted by Gasteiger charge is 2.21. The first-order valence-corrected chi connectivity index (χ1v) is 9.09. The Kier molecular flexibility index (Phi) is 4.32. The summed E-state index contributed by atoms with van der Waals surface area (Å²) in [5.41, 5.74) is 4.62. The third-order valence-electron chi connectivity index (χ3n) is 4.82. The van der Waals surface area contributed by atoms with Crippen molar-refractivity contribution in [1.82, 2.24) is 19.7 Å². The standard InChI is InChI=1S/C18H16FN5.C2H6/c19-13-1-2-16-15(8-13)14-7-12-3-4-23(18(12)9-17(14)22-16)5-6-24-11-20-10-21-24;1-2/h1-2,7-11,22H,3-6H2;1-2H3. The van der Waals surface area contributed by atoms with Gasteiger partial charge >= 0.3 is 0 Å². The van der Waals surface area contributed by atoms with Crippen molar-refractivity contribution in [3.8, 4) is 0 Å². The molecule has 1 N–H and O–H groups in total. The predicted octanol–water partition coefficient (Wildman–Crippen LogP) is 4.14. The van der Waals surface area contributed by atoms with E-state index in [1.165, 1.54) is 17.3 Å². The summed E-state index contributed by atoms with van der Waals surface area (Å²) in [5, 5.41) is 6.21. The number of nitrogens with one attached hydrogen (secondary N) is 1. The molecule has 3 heterocycles. The van der Waals surface area contributed by atoms with Gasteiger partial charge in [0.05, 0.1) is 6.54 Å². The second-order valence-corrected chi connectivity index (χ2v) is 6.24. The molecule has 0 fully saturated rings. The summed E-state index contributed by atoms with van der Waals surface area (Å²) in [4.78, 5) is 9.76. The average molecular weight is 351 g/mol. The normalized spacial score (nSPS) is 13.1. The molecule has 0 saturated heterocycles. The molecule has 1 aliphatic heterocycles. The van der Waals surface area contributed by atoms with Gasteiger partial charge in [0.2, 0.25) is 0 Å². The van der Waals surface area contributed by atoms with Crippen LogP contribution in [0, 0.1) is 5.82 Å². The van der Waals surface area contributed by atoms with Crippen LogP contribution in [0.4, 0.5) is 10.1 Å². The highest BCUT2D eigenvalue weighted by molar-refractivity contribution is 6.08. The van der Waals surface area contributed by atoms with Crippen LogP contribution in [0.15, 0.2) is 43.0 Å². The molecular weight excluding hydrogens is 329 g/mol. The maximum atomic E-state index is 13.6. The minimum absolute atomic E-state index is 0.196. The maximum absolute atomic E-state index is 13.6. The van der Waals surface area contributed by atoms with Gasteiger partial charge in [-0.15, -0.1) is 0 Å². The molecule has 0 bridgehead atoms. The van der Waals surface area contributed by atoms with E-state index in [1.807, 2.05) is 18.5 Å². The van der Waals surface area contributed by atoms with Gasteiger partial charge in [0.15, 0.2) is 0 Å². The van der Waals surface area contributed by atoms with E-state index in [2.05, 4.69) is 32.1 Å². The van der Waals surface area contributed by atoms with E-state index in [-0.39, 0.29) is 5.82 Å². The highest BCUT2D eigenvalue weighted by atomic mass is 19.1. The number of hydrogen-bond acceptors (Lipinski definition) is 3. The van der Waals surface area contributed by atoms with Gasteiger partial charge in [0, 0.05) is 40.6 Å². The van der Waals surface area contributed by atoms with Crippen LogP contribution in [0.3, 0.4) is 0 Å². The third kappa shape index (κ3) is 2.81. The lowest BCUT2D eigenvalue weighted by Crippen LogP contribution is -2.25. The Bertz CT molecular complexity index is 1040. The molecule has 2 aromatic heterocycles. The number of fused-ring (bicyclic) bond motifs is 4. The van der Waals surface area contributed by atoms with Crippen molar-refractivity contribution >= 4 is 27.5 Å². The fraction of sp³-hybridized carbons (Fsp3) is 0.300. The topological polar surface area (TPSA) is 49.7 Å². The number of nitrogens with zero attached hydrogens (tertiary/aromatic N) is 4. The van der Waals surface area contributed by atoms with Crippen molar-refractivity contribution < 1.29 is 4.39 Å². The Balaban J connectivity index is 0.000000814. The van der Waals surface area contributed by atoms with Gasteiger partial charge in [0.1, 0.15) is 18.5 Å². The van der Waals surface area contributed by atoms with E-state index in [0.29, 0.717) is 0 Å². The number of aromatic nitrogens is 4. The first-order chi connectivity index (χ1) is 12.8. The number of aromatic amines is 1. The summed E-state index contributed by atoms with van der Waals surface area (Å²) in [7, 11) is 0. The molecule has 26 heavy (non-hydrogen) atoms. The van der Waals surface area contributed by atoms with Crippen molar-refractivity contribution in [3.05, 3.63) is 54.4 Å². The number of rotatable bonds is 3. The quantitative estimate of drug-likeness (QED) is 0.603. The van der Waals surface area contributed by atoms with Crippen molar-refractivity contribution in [1.29, 1.82) is 0 Å². The zero-order valence-corrected chi connectivity index (χ0v) is 15.0. The monoisotopic (exact) mass is 351 g/mol. The average Bonchev–Trinajstić information content (AvgIpc) is 3.38. The summed E-state index contributed by atoms with van der Waals surface area (Å²) in [6.07, 6.45) is 4.32. The first kappa shape index (κ1) is 16.6. The van der Waals surface area contributed by atoms with Gasteiger partial charge in [-0.05, 0) is 42.3 Å². The van der Waals surface area contributed by atoms with E-state index in [9.17, 15) is 4.39 Å². The van der Waals surface area contributed by atoms with Crippen LogP contribution in [0.2, 0.25) is 0 Å². The molecule has 0 radical (unpaired) electrons. The van der Waals surface area contributed by atoms with Crippen molar-refractivity contribution in [3.63, 3.8) is 0 Å². The summed E-state index contributed by atoms with van der Waals surface area (Å²) in [5.74, 6) is -0.196. The van der Waals surface area contributed by atoms with E-state index in [0.717, 1.165) is 47.9 Å². The van der Waals surface area contributed by atoms with E-state index in [4.69, 9.17) is 0 Å². The lowest BCUT2D eigenvalue weighted by atomic mass is 10.1. The zero-order chi connectivity index (χ0) is 18.1. The fourth-order valence-corrected chi connectivity index (χ4v) is 3.63. The smallest absolute Gasteiger partial charge is 0.137 e. The molecule has 0 spiro atoms. The Morgan fingerprint density at radius 3 is 2.73 bits per heavy atom. The highest BCUT2D eigenvalue weighted by Crippen LogP contribution is 2.35. The largest absolute Gasteiger partial charge is 0.369 e. The van der Waals surface area contributed by atoms with E-state index >= 15 is 0 Å². The second-order valence-electron chi connectivity index (χ2n) is 6.24. The van der Waals surface area contributed by atoms with Crippen molar-refractivity contribution in [2.45, 2.75) is 26.8 Å². The van der Waals surface area contributed by atoms with Crippen LogP contribution < -0.4 is 4.90 Å². The SMILES string of the molecule is CC.Fc1ccc2[nH]c3cc4c(cc3c2c1)CCN4CCn1cncn1. The summed E-state index contributed by atoms with van der Waals surface area (Å²) < 4.78 is 15.4. The molecule has 0 aliphatic carbocycles. The Hall–Kier alpha value is -2.89. The summed E-state index contributed by atoms with van der Waals surface area (Å²) >= 11 is 0. The molecule has 0 atom stereocenters. The summed E-state index contributed by atoms with van der Waals surface area (Å²) in [6, 6.07) is 9.31. The minimum atomic E-state index is -0.196. The molecule has 134 valence electrons. The van der Waals surface area contributed by atoms with Gasteiger partial charge in [0.25, 0.3) is 0 Å². The van der Waals surface area contributed by atoms with Crippen LogP contribution in [0.25, 0.3) is 21.8 Å². The molecule has 2 aromatic carbocycles. The van der Waals surface area contributed by atoms with E-state index in [1.54, 1.807) is 24.8 Å². The van der Waals surface area contributed by atoms with Crippen LogP contribution in [-0.4, -0.2) is 32.8 Å². The lowest BCUT2D eigenvalue weighted by molar-refractivity contribution is 0.601. The number of benzene rings is 2. The first-order valence-electron chi connectivity index (χ1n) is 9.09. The van der Waals surface area contributed by atoms with Crippen molar-refractivity contribution in [2.24, 2.45) is 0 Å². The molecular formula is C20H22FN5. The second kappa shape index (κ2) is 6.78. The van der Waals surface area contributed by atoms with Gasteiger partial charge < -0.3 is 9.88 Å². The Morgan fingerprint density at radius 2 is 1.92 bits per heavy atom. The maximum Gasteiger partial charge on any atom is 0.137 e. The molecule has 5 nitrogen and oxygen atoms in total. The molecule has 6 heteroatoms. The molecule has 1 aliphatic rings. The van der Waals surface area contributed by atoms with Crippen LogP contribution in [-0.2, 0) is 13.0 Å². The Labute approximate surface area is 151 Å². The number of anilines is 1.